The van der Waals surface area contributed by atoms with Crippen LogP contribution < -0.4 is 10.5 Å². The van der Waals surface area contributed by atoms with Gasteiger partial charge in [-0.25, -0.2) is 18.4 Å². The van der Waals surface area contributed by atoms with Crippen molar-refractivity contribution >= 4 is 16.5 Å². The van der Waals surface area contributed by atoms with Crippen LogP contribution in [0, 0.1) is 0 Å². The molecule has 0 fully saturated rings. The molecule has 3 aromatic rings. The minimum absolute atomic E-state index is 0.0355. The molecule has 0 aliphatic carbocycles. The molecule has 0 saturated carbocycles. The van der Waals surface area contributed by atoms with Gasteiger partial charge in [0.2, 0.25) is 5.88 Å². The highest BCUT2D eigenvalue weighted by Gasteiger charge is 2.12. The molecule has 0 radical (unpaired) electrons. The van der Waals surface area contributed by atoms with Crippen molar-refractivity contribution in [2.75, 3.05) is 12.8 Å². The number of benzene rings is 1. The Kier molecular flexibility index (Phi) is 4.95. The summed E-state index contributed by atoms with van der Waals surface area (Å²) in [4.78, 5) is 8.47. The van der Waals surface area contributed by atoms with Gasteiger partial charge in [0.1, 0.15) is 16.5 Å². The van der Waals surface area contributed by atoms with Crippen LogP contribution in [0.25, 0.3) is 22.3 Å². The highest BCUT2D eigenvalue weighted by atomic mass is 32.2. The average molecular weight is 355 g/mol. The molecule has 2 N–H and O–H groups in total. The molecular weight excluding hydrogens is 338 g/mol. The number of rotatable bonds is 5. The van der Waals surface area contributed by atoms with Crippen molar-refractivity contribution in [3.8, 4) is 28.1 Å². The number of pyridine rings is 2. The van der Waals surface area contributed by atoms with Crippen LogP contribution in [0.5, 0.6) is 5.88 Å². The summed E-state index contributed by atoms with van der Waals surface area (Å²) < 4.78 is 26.9. The van der Waals surface area contributed by atoms with Gasteiger partial charge in [0.25, 0.3) is 0 Å². The van der Waals surface area contributed by atoms with Gasteiger partial charge < -0.3 is 10.5 Å². The molecule has 0 unspecified atom stereocenters. The van der Waals surface area contributed by atoms with Crippen LogP contribution in [0.4, 0.5) is 5.82 Å². The van der Waals surface area contributed by atoms with Crippen molar-refractivity contribution in [3.63, 3.8) is 0 Å². The minimum Gasteiger partial charge on any atom is -0.481 e. The van der Waals surface area contributed by atoms with Gasteiger partial charge in [0.05, 0.1) is 12.9 Å². The van der Waals surface area contributed by atoms with Crippen LogP contribution in [-0.2, 0) is 16.5 Å². The molecule has 0 aliphatic rings. The van der Waals surface area contributed by atoms with E-state index in [-0.39, 0.29) is 5.75 Å². The Morgan fingerprint density at radius 3 is 2.48 bits per heavy atom. The number of nitrogen functional groups attached to an aromatic ring is 1. The zero-order valence-corrected chi connectivity index (χ0v) is 14.4. The maximum atomic E-state index is 10.8. The number of hydrogen-bond acceptors (Lipinski definition) is 6. The van der Waals surface area contributed by atoms with Gasteiger partial charge in [-0.15, -0.1) is 0 Å². The maximum Gasteiger partial charge on any atom is 0.221 e. The monoisotopic (exact) mass is 355 g/mol. The normalized spacial score (nSPS) is 10.8. The van der Waals surface area contributed by atoms with E-state index in [1.807, 2.05) is 30.3 Å². The van der Waals surface area contributed by atoms with Crippen LogP contribution in [0.2, 0.25) is 0 Å². The fraction of sp³-hybridized carbons (Fsp3) is 0.111. The molecule has 128 valence electrons. The third kappa shape index (κ3) is 3.77. The van der Waals surface area contributed by atoms with Crippen LogP contribution in [-0.4, -0.2) is 25.5 Å². The van der Waals surface area contributed by atoms with Crippen LogP contribution in [0.3, 0.4) is 0 Å². The predicted molar refractivity (Wildman–Crippen MR) is 97.9 cm³/mol. The molecule has 6 nitrogen and oxygen atoms in total. The highest BCUT2D eigenvalue weighted by molar-refractivity contribution is 7.71. The second-order valence-corrected chi connectivity index (χ2v) is 6.39. The predicted octanol–water partition coefficient (Wildman–Crippen LogP) is 2.51. The Bertz CT molecular complexity index is 962. The minimum atomic E-state index is -2.44. The molecule has 3 rings (SSSR count). The highest BCUT2D eigenvalue weighted by Crippen LogP contribution is 2.34. The zero-order chi connectivity index (χ0) is 17.8. The van der Waals surface area contributed by atoms with Crippen molar-refractivity contribution in [1.29, 1.82) is 0 Å². The van der Waals surface area contributed by atoms with Crippen molar-refractivity contribution in [2.45, 2.75) is 5.75 Å². The van der Waals surface area contributed by atoms with E-state index in [9.17, 15) is 8.42 Å². The topological polar surface area (TPSA) is 95.2 Å². The lowest BCUT2D eigenvalue weighted by Crippen LogP contribution is -1.98. The fourth-order valence-corrected chi connectivity index (χ4v) is 3.07. The van der Waals surface area contributed by atoms with Gasteiger partial charge in [-0.05, 0) is 29.3 Å². The third-order valence-corrected chi connectivity index (χ3v) is 4.40. The summed E-state index contributed by atoms with van der Waals surface area (Å²) in [5.74, 6) is 0.894. The first-order valence-corrected chi connectivity index (χ1v) is 8.91. The van der Waals surface area contributed by atoms with E-state index >= 15 is 0 Å². The molecule has 7 heteroatoms. The van der Waals surface area contributed by atoms with Crippen molar-refractivity contribution in [2.24, 2.45) is 0 Å². The molecule has 0 saturated heterocycles. The molecule has 1 aromatic carbocycles. The summed E-state index contributed by atoms with van der Waals surface area (Å²) in [6.07, 6.45) is 3.33. The summed E-state index contributed by atoms with van der Waals surface area (Å²) in [5.41, 5.74) is 10.1. The number of hydrogen-bond donors (Lipinski definition) is 2. The van der Waals surface area contributed by atoms with E-state index in [4.69, 9.17) is 10.5 Å². The molecule has 0 aliphatic heterocycles. The SMILES string of the molecule is COc1ncccc1-c1cc(-c2ccc(C[SH](=O)=O)cc2)cnc1N. The Labute approximate surface area is 147 Å². The molecule has 0 amide bonds. The molecule has 2 aromatic heterocycles. The molecule has 25 heavy (non-hydrogen) atoms. The molecule has 2 heterocycles. The molecule has 0 atom stereocenters. The van der Waals surface area contributed by atoms with Crippen LogP contribution in [0.15, 0.2) is 54.9 Å². The molecular formula is C18H17N3O3S. The van der Waals surface area contributed by atoms with E-state index in [1.54, 1.807) is 31.6 Å². The van der Waals surface area contributed by atoms with Gasteiger partial charge >= 0.3 is 0 Å². The first-order valence-electron chi connectivity index (χ1n) is 7.54. The lowest BCUT2D eigenvalue weighted by Gasteiger charge is -2.11. The Balaban J connectivity index is 2.02. The Morgan fingerprint density at radius 2 is 1.80 bits per heavy atom. The van der Waals surface area contributed by atoms with Crippen molar-refractivity contribution in [3.05, 3.63) is 60.4 Å². The molecule has 0 spiro atoms. The standard InChI is InChI=1S/C18H17N3O3S/c1-24-18-15(3-2-8-20-18)16-9-14(10-21-17(16)19)13-6-4-12(5-7-13)11-25(22)23/h2-10,25H,11H2,1H3,(H2,19,21). The third-order valence-electron chi connectivity index (χ3n) is 3.77. The van der Waals surface area contributed by atoms with E-state index in [0.717, 1.165) is 27.8 Å². The quantitative estimate of drug-likeness (QED) is 0.683. The number of nitrogens with zero attached hydrogens (tertiary/aromatic N) is 2. The van der Waals surface area contributed by atoms with Gasteiger partial charge in [-0.3, -0.25) is 0 Å². The van der Waals surface area contributed by atoms with Gasteiger partial charge in [0, 0.05) is 29.1 Å². The van der Waals surface area contributed by atoms with Crippen LogP contribution >= 0.6 is 0 Å². The zero-order valence-electron chi connectivity index (χ0n) is 13.5. The Morgan fingerprint density at radius 1 is 1.04 bits per heavy atom. The summed E-state index contributed by atoms with van der Waals surface area (Å²) in [6.45, 7) is 0. The van der Waals surface area contributed by atoms with Crippen LogP contribution in [0.1, 0.15) is 5.56 Å². The summed E-state index contributed by atoms with van der Waals surface area (Å²) in [6, 6.07) is 12.9. The summed E-state index contributed by atoms with van der Waals surface area (Å²) in [5, 5.41) is 0. The summed E-state index contributed by atoms with van der Waals surface area (Å²) in [7, 11) is -0.881. The number of aromatic nitrogens is 2. The first-order chi connectivity index (χ1) is 12.1. The van der Waals surface area contributed by atoms with Gasteiger partial charge in [0.15, 0.2) is 0 Å². The smallest absolute Gasteiger partial charge is 0.221 e. The van der Waals surface area contributed by atoms with Crippen molar-refractivity contribution in [1.82, 2.24) is 9.97 Å². The number of anilines is 1. The largest absolute Gasteiger partial charge is 0.481 e. The number of ether oxygens (including phenoxy) is 1. The maximum absolute atomic E-state index is 10.8. The first kappa shape index (κ1) is 16.9. The molecule has 0 bridgehead atoms. The van der Waals surface area contributed by atoms with Gasteiger partial charge in [-0.2, -0.15) is 0 Å². The number of thiol groups is 1. The van der Waals surface area contributed by atoms with Gasteiger partial charge in [-0.1, -0.05) is 24.3 Å². The number of nitrogens with two attached hydrogens (primary N) is 1. The second kappa shape index (κ2) is 7.31. The lowest BCUT2D eigenvalue weighted by atomic mass is 10.0. The van der Waals surface area contributed by atoms with E-state index in [1.165, 1.54) is 0 Å². The second-order valence-electron chi connectivity index (χ2n) is 5.40. The number of methoxy groups -OCH3 is 1. The van der Waals surface area contributed by atoms with Crippen molar-refractivity contribution < 1.29 is 13.2 Å². The van der Waals surface area contributed by atoms with E-state index in [0.29, 0.717) is 11.7 Å². The fourth-order valence-electron chi connectivity index (χ4n) is 2.56. The van der Waals surface area contributed by atoms with E-state index in [2.05, 4.69) is 9.97 Å². The lowest BCUT2D eigenvalue weighted by molar-refractivity contribution is 0.399. The Hall–Kier alpha value is -2.93. The summed E-state index contributed by atoms with van der Waals surface area (Å²) >= 11 is 0. The van der Waals surface area contributed by atoms with E-state index < -0.39 is 10.7 Å². The average Bonchev–Trinajstić information content (AvgIpc) is 2.62.